The van der Waals surface area contributed by atoms with E-state index in [0.717, 1.165) is 5.56 Å². The van der Waals surface area contributed by atoms with Gasteiger partial charge in [0.2, 0.25) is 5.91 Å². The van der Waals surface area contributed by atoms with E-state index in [0.29, 0.717) is 17.9 Å². The van der Waals surface area contributed by atoms with Gasteiger partial charge in [0, 0.05) is 19.8 Å². The van der Waals surface area contributed by atoms with Gasteiger partial charge in [0.1, 0.15) is 5.75 Å². The lowest BCUT2D eigenvalue weighted by Gasteiger charge is -2.11. The van der Waals surface area contributed by atoms with Crippen LogP contribution in [0.3, 0.4) is 0 Å². The van der Waals surface area contributed by atoms with E-state index < -0.39 is 0 Å². The number of likely N-dealkylation sites (N-methyl/N-ethyl adjacent to an activating group) is 1. The number of rotatable bonds is 6. The fourth-order valence-corrected chi connectivity index (χ4v) is 1.90. The summed E-state index contributed by atoms with van der Waals surface area (Å²) in [6.45, 7) is -0.0507. The fraction of sp³-hybridized carbons (Fsp3) is 0.222. The first-order valence-corrected chi connectivity index (χ1v) is 7.31. The number of para-hydroxylation sites is 1. The first-order chi connectivity index (χ1) is 11.0. The fourth-order valence-electron chi connectivity index (χ4n) is 1.90. The van der Waals surface area contributed by atoms with Crippen LogP contribution in [0.25, 0.3) is 0 Å². The third kappa shape index (κ3) is 5.47. The zero-order valence-electron chi connectivity index (χ0n) is 13.3. The molecule has 0 spiro atoms. The summed E-state index contributed by atoms with van der Waals surface area (Å²) in [5, 5.41) is 2.76. The SMILES string of the molecule is CN(C)C(=O)Cc1ccc(NC(=O)COc2ccccc2)cc1. The molecule has 1 N–H and O–H groups in total. The molecule has 2 aromatic carbocycles. The van der Waals surface area contributed by atoms with Gasteiger partial charge in [-0.3, -0.25) is 9.59 Å². The maximum absolute atomic E-state index is 11.8. The van der Waals surface area contributed by atoms with Gasteiger partial charge in [-0.15, -0.1) is 0 Å². The van der Waals surface area contributed by atoms with Crippen molar-refractivity contribution >= 4 is 17.5 Å². The van der Waals surface area contributed by atoms with E-state index >= 15 is 0 Å². The highest BCUT2D eigenvalue weighted by atomic mass is 16.5. The quantitative estimate of drug-likeness (QED) is 0.890. The third-order valence-electron chi connectivity index (χ3n) is 3.20. The van der Waals surface area contributed by atoms with Crippen LogP contribution in [0.1, 0.15) is 5.56 Å². The third-order valence-corrected chi connectivity index (χ3v) is 3.20. The Bertz CT molecular complexity index is 652. The Kier molecular flexibility index (Phi) is 5.74. The highest BCUT2D eigenvalue weighted by molar-refractivity contribution is 5.91. The number of hydrogen-bond donors (Lipinski definition) is 1. The number of hydrogen-bond acceptors (Lipinski definition) is 3. The van der Waals surface area contributed by atoms with Crippen molar-refractivity contribution in [3.8, 4) is 5.75 Å². The molecule has 0 unspecified atom stereocenters. The number of carbonyl (C=O) groups excluding carboxylic acids is 2. The van der Waals surface area contributed by atoms with Crippen LogP contribution in [0.15, 0.2) is 54.6 Å². The van der Waals surface area contributed by atoms with Crippen molar-refractivity contribution in [2.45, 2.75) is 6.42 Å². The molecular formula is C18H20N2O3. The summed E-state index contributed by atoms with van der Waals surface area (Å²) in [5.74, 6) is 0.462. The molecule has 5 heteroatoms. The van der Waals surface area contributed by atoms with Crippen molar-refractivity contribution in [2.24, 2.45) is 0 Å². The van der Waals surface area contributed by atoms with Gasteiger partial charge >= 0.3 is 0 Å². The van der Waals surface area contributed by atoms with Crippen LogP contribution in [-0.2, 0) is 16.0 Å². The van der Waals surface area contributed by atoms with Crippen molar-refractivity contribution in [2.75, 3.05) is 26.0 Å². The van der Waals surface area contributed by atoms with Crippen LogP contribution >= 0.6 is 0 Å². The van der Waals surface area contributed by atoms with Crippen LogP contribution in [0.4, 0.5) is 5.69 Å². The van der Waals surface area contributed by atoms with Gasteiger partial charge in [0.05, 0.1) is 6.42 Å². The molecule has 2 amide bonds. The van der Waals surface area contributed by atoms with Crippen molar-refractivity contribution < 1.29 is 14.3 Å². The predicted molar refractivity (Wildman–Crippen MR) is 89.4 cm³/mol. The Morgan fingerprint density at radius 3 is 2.26 bits per heavy atom. The number of nitrogens with zero attached hydrogens (tertiary/aromatic N) is 1. The van der Waals surface area contributed by atoms with Gasteiger partial charge in [-0.25, -0.2) is 0 Å². The van der Waals surface area contributed by atoms with Crippen LogP contribution < -0.4 is 10.1 Å². The summed E-state index contributed by atoms with van der Waals surface area (Å²) in [4.78, 5) is 25.0. The lowest BCUT2D eigenvalue weighted by molar-refractivity contribution is -0.128. The van der Waals surface area contributed by atoms with E-state index in [1.165, 1.54) is 0 Å². The van der Waals surface area contributed by atoms with Gasteiger partial charge in [-0.05, 0) is 29.8 Å². The van der Waals surface area contributed by atoms with E-state index in [9.17, 15) is 9.59 Å². The summed E-state index contributed by atoms with van der Waals surface area (Å²) >= 11 is 0. The Balaban J connectivity index is 1.83. The highest BCUT2D eigenvalue weighted by Gasteiger charge is 2.07. The minimum atomic E-state index is -0.231. The Morgan fingerprint density at radius 2 is 1.65 bits per heavy atom. The van der Waals surface area contributed by atoms with E-state index in [1.54, 1.807) is 43.3 Å². The number of carbonyl (C=O) groups is 2. The standard InChI is InChI=1S/C18H20N2O3/c1-20(2)18(22)12-14-8-10-15(11-9-14)19-17(21)13-23-16-6-4-3-5-7-16/h3-11H,12-13H2,1-2H3,(H,19,21). The molecule has 0 bridgehead atoms. The molecule has 23 heavy (non-hydrogen) atoms. The molecule has 0 atom stereocenters. The Hall–Kier alpha value is -2.82. The summed E-state index contributed by atoms with van der Waals surface area (Å²) in [6, 6.07) is 16.4. The lowest BCUT2D eigenvalue weighted by Crippen LogP contribution is -2.23. The average molecular weight is 312 g/mol. The normalized spacial score (nSPS) is 10.0. The molecular weight excluding hydrogens is 292 g/mol. The molecule has 0 saturated heterocycles. The number of nitrogens with one attached hydrogen (secondary N) is 1. The molecule has 2 aromatic rings. The second kappa shape index (κ2) is 7.98. The van der Waals surface area contributed by atoms with Gasteiger partial charge < -0.3 is 15.0 Å². The summed E-state index contributed by atoms with van der Waals surface area (Å²) in [5.41, 5.74) is 1.58. The van der Waals surface area contributed by atoms with Crippen LogP contribution in [0.5, 0.6) is 5.75 Å². The lowest BCUT2D eigenvalue weighted by atomic mass is 10.1. The van der Waals surface area contributed by atoms with E-state index in [-0.39, 0.29) is 18.4 Å². The largest absolute Gasteiger partial charge is 0.484 e. The molecule has 120 valence electrons. The monoisotopic (exact) mass is 312 g/mol. The van der Waals surface area contributed by atoms with Crippen LogP contribution in [0.2, 0.25) is 0 Å². The average Bonchev–Trinajstić information content (AvgIpc) is 2.55. The second-order valence-corrected chi connectivity index (χ2v) is 5.31. The molecule has 5 nitrogen and oxygen atoms in total. The molecule has 0 saturated carbocycles. The molecule has 0 aromatic heterocycles. The van der Waals surface area contributed by atoms with Gasteiger partial charge in [-0.1, -0.05) is 30.3 Å². The van der Waals surface area contributed by atoms with Crippen LogP contribution in [-0.4, -0.2) is 37.4 Å². The molecule has 2 rings (SSSR count). The molecule has 0 heterocycles. The first kappa shape index (κ1) is 16.5. The molecule has 0 aliphatic rings. The minimum absolute atomic E-state index is 0.0399. The minimum Gasteiger partial charge on any atom is -0.484 e. The Morgan fingerprint density at radius 1 is 1.00 bits per heavy atom. The number of ether oxygens (including phenoxy) is 1. The zero-order valence-corrected chi connectivity index (χ0v) is 13.3. The molecule has 0 aliphatic carbocycles. The van der Waals surface area contributed by atoms with Crippen LogP contribution in [0, 0.1) is 0 Å². The van der Waals surface area contributed by atoms with Crippen molar-refractivity contribution in [3.05, 3.63) is 60.2 Å². The first-order valence-electron chi connectivity index (χ1n) is 7.31. The summed E-state index contributed by atoms with van der Waals surface area (Å²) in [6.07, 6.45) is 0.346. The topological polar surface area (TPSA) is 58.6 Å². The molecule has 0 radical (unpaired) electrons. The van der Waals surface area contributed by atoms with Gasteiger partial charge in [0.25, 0.3) is 5.91 Å². The maximum Gasteiger partial charge on any atom is 0.262 e. The molecule has 0 aliphatic heterocycles. The smallest absolute Gasteiger partial charge is 0.262 e. The van der Waals surface area contributed by atoms with E-state index in [4.69, 9.17) is 4.74 Å². The van der Waals surface area contributed by atoms with Gasteiger partial charge in [-0.2, -0.15) is 0 Å². The maximum atomic E-state index is 11.8. The Labute approximate surface area is 135 Å². The number of anilines is 1. The highest BCUT2D eigenvalue weighted by Crippen LogP contribution is 2.12. The second-order valence-electron chi connectivity index (χ2n) is 5.31. The van der Waals surface area contributed by atoms with Crippen molar-refractivity contribution in [1.82, 2.24) is 4.90 Å². The predicted octanol–water partition coefficient (Wildman–Crippen LogP) is 2.33. The number of benzene rings is 2. The van der Waals surface area contributed by atoms with Crippen molar-refractivity contribution in [1.29, 1.82) is 0 Å². The number of amides is 2. The summed E-state index contributed by atoms with van der Waals surface area (Å²) < 4.78 is 5.38. The van der Waals surface area contributed by atoms with Gasteiger partial charge in [0.15, 0.2) is 6.61 Å². The zero-order chi connectivity index (χ0) is 16.7. The summed E-state index contributed by atoms with van der Waals surface area (Å²) in [7, 11) is 3.45. The van der Waals surface area contributed by atoms with E-state index in [1.807, 2.05) is 30.3 Å². The molecule has 0 fully saturated rings. The van der Waals surface area contributed by atoms with Crippen molar-refractivity contribution in [3.63, 3.8) is 0 Å². The van der Waals surface area contributed by atoms with E-state index in [2.05, 4.69) is 5.32 Å².